The van der Waals surface area contributed by atoms with Crippen LogP contribution in [0, 0.1) is 3.57 Å². The second-order valence-corrected chi connectivity index (χ2v) is 7.20. The van der Waals surface area contributed by atoms with E-state index in [0.717, 1.165) is 11.1 Å². The number of hydrogen-bond acceptors (Lipinski definition) is 3. The summed E-state index contributed by atoms with van der Waals surface area (Å²) >= 11 is 3.78. The summed E-state index contributed by atoms with van der Waals surface area (Å²) in [7, 11) is 0. The van der Waals surface area contributed by atoms with Gasteiger partial charge in [-0.05, 0) is 66.4 Å². The third-order valence-corrected chi connectivity index (χ3v) is 3.90. The highest BCUT2D eigenvalue weighted by Gasteiger charge is 2.21. The molecule has 19 heavy (non-hydrogen) atoms. The van der Waals surface area contributed by atoms with Crippen molar-refractivity contribution in [2.45, 2.75) is 26.4 Å². The maximum Gasteiger partial charge on any atom is 0.340 e. The molecule has 0 amide bonds. The van der Waals surface area contributed by atoms with Gasteiger partial charge >= 0.3 is 5.97 Å². The van der Waals surface area contributed by atoms with Crippen molar-refractivity contribution in [2.24, 2.45) is 0 Å². The molecule has 0 N–H and O–H groups in total. The molecule has 0 aliphatic carbocycles. The van der Waals surface area contributed by atoms with Crippen molar-refractivity contribution in [3.05, 3.63) is 44.2 Å². The topological polar surface area (TPSA) is 26.3 Å². The van der Waals surface area contributed by atoms with Crippen LogP contribution in [0.25, 0.3) is 11.1 Å². The van der Waals surface area contributed by atoms with Crippen LogP contribution in [0.1, 0.15) is 31.1 Å². The molecule has 0 unspecified atom stereocenters. The van der Waals surface area contributed by atoms with Crippen molar-refractivity contribution >= 4 is 39.9 Å². The average Bonchev–Trinajstić information content (AvgIpc) is 2.76. The summed E-state index contributed by atoms with van der Waals surface area (Å²) in [5.74, 6) is -0.262. The number of carbonyl (C=O) groups excluding carboxylic acids is 1. The summed E-state index contributed by atoms with van der Waals surface area (Å²) in [5.41, 5.74) is 2.15. The minimum absolute atomic E-state index is 0.262. The minimum atomic E-state index is -0.470. The standard InChI is InChI=1S/C15H15IO2S/c1-15(2,3)18-14(17)13-9-19-8-12(13)10-4-6-11(16)7-5-10/h4-9H,1-3H3. The molecule has 2 nitrogen and oxygen atoms in total. The number of thiophene rings is 1. The Morgan fingerprint density at radius 2 is 1.79 bits per heavy atom. The lowest BCUT2D eigenvalue weighted by Gasteiger charge is -2.19. The molecule has 0 aliphatic heterocycles. The van der Waals surface area contributed by atoms with Gasteiger partial charge in [0.1, 0.15) is 5.60 Å². The van der Waals surface area contributed by atoms with Gasteiger partial charge in [-0.3, -0.25) is 0 Å². The smallest absolute Gasteiger partial charge is 0.340 e. The van der Waals surface area contributed by atoms with Crippen molar-refractivity contribution in [3.63, 3.8) is 0 Å². The van der Waals surface area contributed by atoms with Crippen LogP contribution in [0.4, 0.5) is 0 Å². The molecule has 0 saturated heterocycles. The molecule has 0 fully saturated rings. The molecule has 2 aromatic rings. The molecule has 1 heterocycles. The van der Waals surface area contributed by atoms with Gasteiger partial charge in [0.15, 0.2) is 0 Å². The molecule has 100 valence electrons. The Bertz CT molecular complexity index is 579. The predicted octanol–water partition coefficient (Wildman–Crippen LogP) is 4.98. The molecule has 0 saturated carbocycles. The second kappa shape index (κ2) is 5.63. The van der Waals surface area contributed by atoms with Crippen LogP contribution in [-0.4, -0.2) is 11.6 Å². The zero-order valence-electron chi connectivity index (χ0n) is 11.1. The summed E-state index contributed by atoms with van der Waals surface area (Å²) < 4.78 is 6.61. The lowest BCUT2D eigenvalue weighted by molar-refractivity contribution is 0.00711. The van der Waals surface area contributed by atoms with E-state index in [1.54, 1.807) is 0 Å². The van der Waals surface area contributed by atoms with E-state index in [0.29, 0.717) is 5.56 Å². The first-order chi connectivity index (χ1) is 8.87. The van der Waals surface area contributed by atoms with Crippen molar-refractivity contribution in [1.82, 2.24) is 0 Å². The molecule has 0 radical (unpaired) electrons. The fourth-order valence-corrected chi connectivity index (χ4v) is 2.83. The molecule has 0 bridgehead atoms. The predicted molar refractivity (Wildman–Crippen MR) is 87.6 cm³/mol. The molecular weight excluding hydrogens is 371 g/mol. The van der Waals surface area contributed by atoms with Crippen molar-refractivity contribution < 1.29 is 9.53 Å². The highest BCUT2D eigenvalue weighted by Crippen LogP contribution is 2.29. The SMILES string of the molecule is CC(C)(C)OC(=O)c1cscc1-c1ccc(I)cc1. The number of esters is 1. The summed E-state index contributed by atoms with van der Waals surface area (Å²) in [6, 6.07) is 8.12. The lowest BCUT2D eigenvalue weighted by atomic mass is 10.0. The van der Waals surface area contributed by atoms with Crippen LogP contribution in [-0.2, 0) is 4.74 Å². The Balaban J connectivity index is 2.32. The lowest BCUT2D eigenvalue weighted by Crippen LogP contribution is -2.23. The molecule has 2 rings (SSSR count). The van der Waals surface area contributed by atoms with Gasteiger partial charge in [0.25, 0.3) is 0 Å². The van der Waals surface area contributed by atoms with Crippen LogP contribution < -0.4 is 0 Å². The van der Waals surface area contributed by atoms with Gasteiger partial charge in [0, 0.05) is 14.5 Å². The quantitative estimate of drug-likeness (QED) is 0.538. The van der Waals surface area contributed by atoms with E-state index in [-0.39, 0.29) is 5.97 Å². The number of halogens is 1. The minimum Gasteiger partial charge on any atom is -0.456 e. The van der Waals surface area contributed by atoms with E-state index < -0.39 is 5.60 Å². The van der Waals surface area contributed by atoms with E-state index in [9.17, 15) is 4.79 Å². The summed E-state index contributed by atoms with van der Waals surface area (Å²) in [5, 5.41) is 3.84. The molecule has 0 aliphatic rings. The van der Waals surface area contributed by atoms with Crippen molar-refractivity contribution in [2.75, 3.05) is 0 Å². The number of carbonyl (C=O) groups is 1. The first-order valence-electron chi connectivity index (χ1n) is 5.92. The molecule has 4 heteroatoms. The largest absolute Gasteiger partial charge is 0.456 e. The normalized spacial score (nSPS) is 11.4. The van der Waals surface area contributed by atoms with E-state index >= 15 is 0 Å². The zero-order chi connectivity index (χ0) is 14.0. The number of benzene rings is 1. The van der Waals surface area contributed by atoms with Crippen LogP contribution in [0.3, 0.4) is 0 Å². The third-order valence-electron chi connectivity index (χ3n) is 2.44. The maximum atomic E-state index is 12.2. The van der Waals surface area contributed by atoms with Crippen molar-refractivity contribution in [3.8, 4) is 11.1 Å². The Kier molecular flexibility index (Phi) is 4.30. The zero-order valence-corrected chi connectivity index (χ0v) is 14.0. The van der Waals surface area contributed by atoms with E-state index in [2.05, 4.69) is 22.6 Å². The van der Waals surface area contributed by atoms with Gasteiger partial charge in [0.05, 0.1) is 5.56 Å². The highest BCUT2D eigenvalue weighted by molar-refractivity contribution is 14.1. The van der Waals surface area contributed by atoms with Crippen LogP contribution in [0.15, 0.2) is 35.0 Å². The summed E-state index contributed by atoms with van der Waals surface area (Å²) in [4.78, 5) is 12.2. The van der Waals surface area contributed by atoms with Gasteiger partial charge in [-0.15, -0.1) is 0 Å². The monoisotopic (exact) mass is 386 g/mol. The van der Waals surface area contributed by atoms with E-state index in [1.165, 1.54) is 14.9 Å². The van der Waals surface area contributed by atoms with Crippen LogP contribution in [0.5, 0.6) is 0 Å². The summed E-state index contributed by atoms with van der Waals surface area (Å²) in [6.45, 7) is 5.63. The Morgan fingerprint density at radius 3 is 2.37 bits per heavy atom. The van der Waals surface area contributed by atoms with Crippen LogP contribution >= 0.6 is 33.9 Å². The molecule has 0 atom stereocenters. The fraction of sp³-hybridized carbons (Fsp3) is 0.267. The highest BCUT2D eigenvalue weighted by atomic mass is 127. The molecule has 1 aromatic carbocycles. The Hall–Kier alpha value is -0.880. The Morgan fingerprint density at radius 1 is 1.16 bits per heavy atom. The average molecular weight is 386 g/mol. The summed E-state index contributed by atoms with van der Waals surface area (Å²) in [6.07, 6.45) is 0. The van der Waals surface area contributed by atoms with Gasteiger partial charge in [-0.2, -0.15) is 11.3 Å². The molecule has 0 spiro atoms. The van der Waals surface area contributed by atoms with Gasteiger partial charge in [-0.25, -0.2) is 4.79 Å². The molecular formula is C15H15IO2S. The first-order valence-corrected chi connectivity index (χ1v) is 7.94. The maximum absolute atomic E-state index is 12.2. The number of hydrogen-bond donors (Lipinski definition) is 0. The number of ether oxygens (including phenoxy) is 1. The van der Waals surface area contributed by atoms with E-state index in [4.69, 9.17) is 4.74 Å². The van der Waals surface area contributed by atoms with Crippen molar-refractivity contribution in [1.29, 1.82) is 0 Å². The Labute approximate surface area is 130 Å². The van der Waals surface area contributed by atoms with Gasteiger partial charge in [-0.1, -0.05) is 12.1 Å². The van der Waals surface area contributed by atoms with Gasteiger partial charge < -0.3 is 4.74 Å². The molecule has 1 aromatic heterocycles. The number of rotatable bonds is 2. The van der Waals surface area contributed by atoms with Crippen LogP contribution in [0.2, 0.25) is 0 Å². The van der Waals surface area contributed by atoms with E-state index in [1.807, 2.05) is 55.8 Å². The second-order valence-electron chi connectivity index (χ2n) is 5.21. The third kappa shape index (κ3) is 3.79. The first kappa shape index (κ1) is 14.5. The van der Waals surface area contributed by atoms with Gasteiger partial charge in [0.2, 0.25) is 0 Å². The fourth-order valence-electron chi connectivity index (χ4n) is 1.64.